The first-order valence-corrected chi connectivity index (χ1v) is 7.33. The van der Waals surface area contributed by atoms with Crippen LogP contribution in [0.25, 0.3) is 11.1 Å². The average molecular weight is 340 g/mol. The number of rotatable bonds is 4. The minimum absolute atomic E-state index is 0.629. The molecule has 0 radical (unpaired) electrons. The Morgan fingerprint density at radius 1 is 0.714 bits per heavy atom. The number of hydrogen-bond donors (Lipinski definition) is 3. The van der Waals surface area contributed by atoms with Gasteiger partial charge in [-0.1, -0.05) is 18.2 Å². The van der Waals surface area contributed by atoms with Crippen LogP contribution in [-0.4, -0.2) is 0 Å². The van der Waals surface area contributed by atoms with E-state index in [9.17, 15) is 0 Å². The highest BCUT2D eigenvalue weighted by Gasteiger charge is 2.22. The summed E-state index contributed by atoms with van der Waals surface area (Å²) in [6.07, 6.45) is 0. The van der Waals surface area contributed by atoms with Crippen LogP contribution in [0.15, 0.2) is 24.3 Å². The molecule has 3 nitrogen and oxygen atoms in total. The second kappa shape index (κ2) is 6.77. The fraction of sp³-hybridized carbons (Fsp3) is 0.200. The van der Waals surface area contributed by atoms with Crippen LogP contribution >= 0.6 is 38.7 Å². The Morgan fingerprint density at radius 2 is 1.29 bits per heavy atom. The average Bonchev–Trinajstić information content (AvgIpc) is 2.51. The number of benzene rings is 2. The summed E-state index contributed by atoms with van der Waals surface area (Å²) < 4.78 is 15.7. The molecule has 0 atom stereocenters. The van der Waals surface area contributed by atoms with Gasteiger partial charge in [0.25, 0.3) is 0 Å². The molecule has 2 aromatic carbocycles. The third-order valence-electron chi connectivity index (χ3n) is 3.62. The predicted octanol–water partition coefficient (Wildman–Crippen LogP) is 4.95. The second-order valence-corrected chi connectivity index (χ2v) is 5.23. The van der Waals surface area contributed by atoms with E-state index in [1.54, 1.807) is 0 Å². The fourth-order valence-corrected chi connectivity index (χ4v) is 3.08. The first-order chi connectivity index (χ1) is 10.1. The van der Waals surface area contributed by atoms with Crippen molar-refractivity contribution < 1.29 is 12.5 Å². The van der Waals surface area contributed by atoms with E-state index in [4.69, 9.17) is 12.5 Å². The lowest BCUT2D eigenvalue weighted by Gasteiger charge is -2.20. The third-order valence-corrected chi connectivity index (χ3v) is 4.19. The fourth-order valence-electron chi connectivity index (χ4n) is 2.42. The van der Waals surface area contributed by atoms with Gasteiger partial charge in [-0.05, 0) is 38.0 Å². The van der Waals surface area contributed by atoms with Crippen LogP contribution in [0.5, 0.6) is 17.2 Å². The highest BCUT2D eigenvalue weighted by molar-refractivity contribution is 7.75. The molecule has 0 heterocycles. The predicted molar refractivity (Wildman–Crippen MR) is 94.9 cm³/mol. The van der Waals surface area contributed by atoms with Gasteiger partial charge < -0.3 is 12.5 Å². The van der Waals surface area contributed by atoms with Crippen LogP contribution in [0.3, 0.4) is 0 Å². The topological polar surface area (TPSA) is 27.7 Å². The summed E-state index contributed by atoms with van der Waals surface area (Å²) >= 11 is 11.9. The van der Waals surface area contributed by atoms with Crippen LogP contribution < -0.4 is 12.5 Å². The van der Waals surface area contributed by atoms with Gasteiger partial charge in [0, 0.05) is 55.4 Å². The zero-order chi connectivity index (χ0) is 15.6. The van der Waals surface area contributed by atoms with E-state index in [1.165, 1.54) is 0 Å². The van der Waals surface area contributed by atoms with E-state index >= 15 is 0 Å². The molecular formula is C15H16O3S3. The maximum Gasteiger partial charge on any atom is 0.148 e. The highest BCUT2D eigenvalue weighted by atomic mass is 32.1. The summed E-state index contributed by atoms with van der Waals surface area (Å²) in [5.74, 6) is 2.00. The minimum atomic E-state index is 0.629. The quantitative estimate of drug-likeness (QED) is 0.543. The normalized spacial score (nSPS) is 10.4. The van der Waals surface area contributed by atoms with Gasteiger partial charge >= 0.3 is 0 Å². The monoisotopic (exact) mass is 340 g/mol. The lowest BCUT2D eigenvalue weighted by atomic mass is 9.92. The second-order valence-electron chi connectivity index (χ2n) is 4.68. The van der Waals surface area contributed by atoms with Gasteiger partial charge in [-0.15, -0.1) is 0 Å². The summed E-state index contributed by atoms with van der Waals surface area (Å²) in [7, 11) is 0. The van der Waals surface area contributed by atoms with Crippen LogP contribution in [0.2, 0.25) is 0 Å². The zero-order valence-electron chi connectivity index (χ0n) is 11.9. The van der Waals surface area contributed by atoms with Gasteiger partial charge in [0.15, 0.2) is 0 Å². The molecule has 0 fully saturated rings. The molecule has 112 valence electrons. The Labute approximate surface area is 141 Å². The van der Waals surface area contributed by atoms with Gasteiger partial charge in [0.05, 0.1) is 0 Å². The minimum Gasteiger partial charge on any atom is -0.428 e. The van der Waals surface area contributed by atoms with Crippen molar-refractivity contribution in [3.05, 3.63) is 41.0 Å². The zero-order valence-corrected chi connectivity index (χ0v) is 14.6. The molecule has 21 heavy (non-hydrogen) atoms. The summed E-state index contributed by atoms with van der Waals surface area (Å²) in [5, 5.41) is 0. The van der Waals surface area contributed by atoms with Gasteiger partial charge in [-0.2, -0.15) is 0 Å². The lowest BCUT2D eigenvalue weighted by Crippen LogP contribution is -1.99. The third kappa shape index (κ3) is 2.80. The lowest BCUT2D eigenvalue weighted by molar-refractivity contribution is 0.623. The summed E-state index contributed by atoms with van der Waals surface area (Å²) in [6.45, 7) is 5.85. The van der Waals surface area contributed by atoms with E-state index in [0.29, 0.717) is 17.2 Å². The molecule has 2 rings (SSSR count). The van der Waals surface area contributed by atoms with Gasteiger partial charge in [0.1, 0.15) is 17.2 Å². The Kier molecular flexibility index (Phi) is 5.24. The molecule has 0 aliphatic carbocycles. The van der Waals surface area contributed by atoms with Crippen molar-refractivity contribution >= 4 is 38.7 Å². The number of thiol groups is 3. The van der Waals surface area contributed by atoms with Crippen molar-refractivity contribution in [2.75, 3.05) is 0 Å². The van der Waals surface area contributed by atoms with E-state index in [0.717, 1.165) is 27.8 Å². The molecule has 0 saturated heterocycles. The van der Waals surface area contributed by atoms with Crippen LogP contribution in [0, 0.1) is 20.8 Å². The number of para-hydroxylation sites is 1. The van der Waals surface area contributed by atoms with Crippen LogP contribution in [0.1, 0.15) is 16.7 Å². The molecule has 6 heteroatoms. The van der Waals surface area contributed by atoms with Crippen LogP contribution in [-0.2, 0) is 0 Å². The first-order valence-electron chi connectivity index (χ1n) is 6.24. The smallest absolute Gasteiger partial charge is 0.148 e. The molecule has 2 aromatic rings. The molecule has 0 amide bonds. The molecular weight excluding hydrogens is 324 g/mol. The highest BCUT2D eigenvalue weighted by Crippen LogP contribution is 2.46. The Hall–Kier alpha value is -1.11. The Balaban J connectivity index is 2.88. The molecule has 0 aliphatic heterocycles. The molecule has 0 saturated carbocycles. The molecule has 0 unspecified atom stereocenters. The van der Waals surface area contributed by atoms with Gasteiger partial charge in [0.2, 0.25) is 0 Å². The maximum absolute atomic E-state index is 5.32. The standard InChI is InChI=1S/C15H16O3S3/c1-8-9(2)15(18-21)13(10(3)14(8)17-20)11-6-4-5-7-12(11)16-19/h4-7,19-21H,1-3H3. The van der Waals surface area contributed by atoms with Crippen molar-refractivity contribution in [3.8, 4) is 28.4 Å². The summed E-state index contributed by atoms with van der Waals surface area (Å²) in [5.41, 5.74) is 4.49. The largest absolute Gasteiger partial charge is 0.428 e. The molecule has 0 N–H and O–H groups in total. The molecule has 0 spiro atoms. The molecule has 0 aliphatic rings. The molecule has 0 aromatic heterocycles. The Morgan fingerprint density at radius 3 is 1.86 bits per heavy atom. The summed E-state index contributed by atoms with van der Waals surface area (Å²) in [4.78, 5) is 0. The van der Waals surface area contributed by atoms with Crippen molar-refractivity contribution in [2.45, 2.75) is 20.8 Å². The van der Waals surface area contributed by atoms with Crippen molar-refractivity contribution in [1.29, 1.82) is 0 Å². The van der Waals surface area contributed by atoms with Crippen molar-refractivity contribution in [1.82, 2.24) is 0 Å². The van der Waals surface area contributed by atoms with Gasteiger partial charge in [-0.3, -0.25) is 0 Å². The van der Waals surface area contributed by atoms with Crippen molar-refractivity contribution in [2.24, 2.45) is 0 Å². The summed E-state index contributed by atoms with van der Waals surface area (Å²) in [6, 6.07) is 7.56. The number of hydrogen-bond acceptors (Lipinski definition) is 6. The van der Waals surface area contributed by atoms with E-state index < -0.39 is 0 Å². The molecule has 0 bridgehead atoms. The Bertz CT molecular complexity index is 672. The van der Waals surface area contributed by atoms with Crippen LogP contribution in [0.4, 0.5) is 0 Å². The van der Waals surface area contributed by atoms with Gasteiger partial charge in [-0.25, -0.2) is 0 Å². The van der Waals surface area contributed by atoms with E-state index in [2.05, 4.69) is 38.7 Å². The van der Waals surface area contributed by atoms with E-state index in [1.807, 2.05) is 45.0 Å². The van der Waals surface area contributed by atoms with Crippen molar-refractivity contribution in [3.63, 3.8) is 0 Å². The maximum atomic E-state index is 5.32. The SMILES string of the molecule is Cc1c(C)c(OS)c(-c2ccccc2OS)c(C)c1OS. The van der Waals surface area contributed by atoms with E-state index in [-0.39, 0.29) is 0 Å². The first kappa shape index (κ1) is 16.3.